The van der Waals surface area contributed by atoms with Gasteiger partial charge in [-0.1, -0.05) is 0 Å². The van der Waals surface area contributed by atoms with E-state index in [0.29, 0.717) is 12.1 Å². The number of aryl methyl sites for hydroxylation is 1. The average Bonchev–Trinajstić information content (AvgIpc) is 2.65. The van der Waals surface area contributed by atoms with Gasteiger partial charge in [0.1, 0.15) is 11.6 Å². The number of pyridine rings is 1. The highest BCUT2D eigenvalue weighted by Gasteiger charge is 2.04. The van der Waals surface area contributed by atoms with Crippen molar-refractivity contribution in [2.45, 2.75) is 19.9 Å². The van der Waals surface area contributed by atoms with Gasteiger partial charge < -0.3 is 4.57 Å². The second-order valence-corrected chi connectivity index (χ2v) is 3.27. The van der Waals surface area contributed by atoms with Crippen LogP contribution in [0.4, 0.5) is 4.39 Å². The number of imidazole rings is 1. The van der Waals surface area contributed by atoms with E-state index >= 15 is 0 Å². The van der Waals surface area contributed by atoms with Gasteiger partial charge in [-0.2, -0.15) is 0 Å². The molecule has 0 atom stereocenters. The minimum Gasteiger partial charge on any atom is -0.335 e. The zero-order valence-corrected chi connectivity index (χ0v) is 8.52. The molecule has 0 aliphatic heterocycles. The Bertz CT molecular complexity index is 451. The molecule has 0 aliphatic rings. The Hall–Kier alpha value is -1.71. The van der Waals surface area contributed by atoms with Crippen molar-refractivity contribution >= 4 is 0 Å². The van der Waals surface area contributed by atoms with Crippen LogP contribution in [0, 0.1) is 5.82 Å². The molecule has 2 heterocycles. The predicted octanol–water partition coefficient (Wildman–Crippen LogP) is 2.03. The van der Waals surface area contributed by atoms with Crippen LogP contribution < -0.4 is 0 Å². The summed E-state index contributed by atoms with van der Waals surface area (Å²) in [6.07, 6.45) is 5.70. The summed E-state index contributed by atoms with van der Waals surface area (Å²) in [7, 11) is 0. The summed E-state index contributed by atoms with van der Waals surface area (Å²) in [6.45, 7) is 2.91. The first kappa shape index (κ1) is 9.83. The van der Waals surface area contributed by atoms with E-state index in [0.717, 1.165) is 12.4 Å². The summed E-state index contributed by atoms with van der Waals surface area (Å²) < 4.78 is 14.9. The van der Waals surface area contributed by atoms with E-state index in [1.54, 1.807) is 6.20 Å². The number of nitrogens with zero attached hydrogens (tertiary/aromatic N) is 3. The van der Waals surface area contributed by atoms with Crippen LogP contribution in [0.25, 0.3) is 0 Å². The Balaban J connectivity index is 2.22. The Morgan fingerprint density at radius 2 is 2.20 bits per heavy atom. The molecule has 0 aliphatic carbocycles. The zero-order chi connectivity index (χ0) is 10.7. The molecule has 4 heteroatoms. The fourth-order valence-electron chi connectivity index (χ4n) is 1.50. The predicted molar refractivity (Wildman–Crippen MR) is 54.9 cm³/mol. The molecule has 0 radical (unpaired) electrons. The number of hydrogen-bond acceptors (Lipinski definition) is 2. The lowest BCUT2D eigenvalue weighted by Gasteiger charge is -2.03. The van der Waals surface area contributed by atoms with Crippen molar-refractivity contribution in [1.82, 2.24) is 14.5 Å². The summed E-state index contributed by atoms with van der Waals surface area (Å²) in [5.74, 6) is 0.658. The van der Waals surface area contributed by atoms with E-state index in [1.807, 2.05) is 17.7 Å². The van der Waals surface area contributed by atoms with Gasteiger partial charge >= 0.3 is 0 Å². The standard InChI is InChI=1S/C11H12FN3/c1-2-15-6-5-14-11(15)8-10-7-9(12)3-4-13-10/h3-7H,2,8H2,1H3. The summed E-state index contributed by atoms with van der Waals surface area (Å²) in [5.41, 5.74) is 0.705. The van der Waals surface area contributed by atoms with Gasteiger partial charge in [-0.25, -0.2) is 9.37 Å². The molecule has 2 aromatic rings. The highest BCUT2D eigenvalue weighted by molar-refractivity contribution is 5.12. The van der Waals surface area contributed by atoms with E-state index in [2.05, 4.69) is 9.97 Å². The number of aromatic nitrogens is 3. The molecular weight excluding hydrogens is 193 g/mol. The maximum Gasteiger partial charge on any atom is 0.126 e. The van der Waals surface area contributed by atoms with E-state index < -0.39 is 0 Å². The van der Waals surface area contributed by atoms with Crippen LogP contribution >= 0.6 is 0 Å². The van der Waals surface area contributed by atoms with Gasteiger partial charge in [0.15, 0.2) is 0 Å². The number of hydrogen-bond donors (Lipinski definition) is 0. The molecule has 0 N–H and O–H groups in total. The van der Waals surface area contributed by atoms with Gasteiger partial charge in [0.2, 0.25) is 0 Å². The van der Waals surface area contributed by atoms with Gasteiger partial charge in [-0.05, 0) is 19.1 Å². The monoisotopic (exact) mass is 205 g/mol. The van der Waals surface area contributed by atoms with Crippen molar-refractivity contribution in [2.24, 2.45) is 0 Å². The molecule has 0 aromatic carbocycles. The Morgan fingerprint density at radius 3 is 2.93 bits per heavy atom. The molecule has 0 fully saturated rings. The second-order valence-electron chi connectivity index (χ2n) is 3.27. The van der Waals surface area contributed by atoms with Crippen molar-refractivity contribution in [1.29, 1.82) is 0 Å². The van der Waals surface area contributed by atoms with E-state index in [1.165, 1.54) is 18.3 Å². The van der Waals surface area contributed by atoms with Gasteiger partial charge in [0.05, 0.1) is 5.69 Å². The zero-order valence-electron chi connectivity index (χ0n) is 8.52. The minimum atomic E-state index is -0.255. The summed E-state index contributed by atoms with van der Waals surface area (Å²) in [6, 6.07) is 2.78. The SMILES string of the molecule is CCn1ccnc1Cc1cc(F)ccn1. The third-order valence-electron chi connectivity index (χ3n) is 2.26. The van der Waals surface area contributed by atoms with Crippen LogP contribution in [-0.2, 0) is 13.0 Å². The fraction of sp³-hybridized carbons (Fsp3) is 0.273. The molecule has 0 unspecified atom stereocenters. The Morgan fingerprint density at radius 1 is 1.33 bits per heavy atom. The second kappa shape index (κ2) is 4.21. The fourth-order valence-corrected chi connectivity index (χ4v) is 1.50. The number of halogens is 1. The van der Waals surface area contributed by atoms with Crippen LogP contribution in [0.2, 0.25) is 0 Å². The molecule has 3 nitrogen and oxygen atoms in total. The van der Waals surface area contributed by atoms with E-state index in [9.17, 15) is 4.39 Å². The van der Waals surface area contributed by atoms with Crippen molar-refractivity contribution in [2.75, 3.05) is 0 Å². The summed E-state index contributed by atoms with van der Waals surface area (Å²) in [4.78, 5) is 8.31. The molecule has 0 saturated heterocycles. The third kappa shape index (κ3) is 2.21. The van der Waals surface area contributed by atoms with Gasteiger partial charge in [0.25, 0.3) is 0 Å². The molecular formula is C11H12FN3. The lowest BCUT2D eigenvalue weighted by Crippen LogP contribution is -2.03. The molecule has 0 bridgehead atoms. The summed E-state index contributed by atoms with van der Waals surface area (Å²) in [5, 5.41) is 0. The maximum absolute atomic E-state index is 12.9. The average molecular weight is 205 g/mol. The van der Waals surface area contributed by atoms with Crippen molar-refractivity contribution in [3.63, 3.8) is 0 Å². The number of rotatable bonds is 3. The summed E-state index contributed by atoms with van der Waals surface area (Å²) >= 11 is 0. The molecule has 15 heavy (non-hydrogen) atoms. The van der Waals surface area contributed by atoms with Gasteiger partial charge in [-0.15, -0.1) is 0 Å². The van der Waals surface area contributed by atoms with Gasteiger partial charge in [-0.3, -0.25) is 4.98 Å². The van der Waals surface area contributed by atoms with Crippen molar-refractivity contribution < 1.29 is 4.39 Å². The van der Waals surface area contributed by atoms with Crippen LogP contribution in [0.15, 0.2) is 30.7 Å². The first-order valence-electron chi connectivity index (χ1n) is 4.90. The van der Waals surface area contributed by atoms with Crippen LogP contribution in [0.3, 0.4) is 0 Å². The normalized spacial score (nSPS) is 10.5. The van der Waals surface area contributed by atoms with Gasteiger partial charge in [0, 0.05) is 31.6 Å². The topological polar surface area (TPSA) is 30.7 Å². The lowest BCUT2D eigenvalue weighted by molar-refractivity contribution is 0.621. The smallest absolute Gasteiger partial charge is 0.126 e. The molecule has 2 rings (SSSR count). The first-order chi connectivity index (χ1) is 7.29. The van der Waals surface area contributed by atoms with Crippen LogP contribution in [0.1, 0.15) is 18.4 Å². The quantitative estimate of drug-likeness (QED) is 0.767. The van der Waals surface area contributed by atoms with Crippen LogP contribution in [0.5, 0.6) is 0 Å². The minimum absolute atomic E-state index is 0.255. The maximum atomic E-state index is 12.9. The van der Waals surface area contributed by atoms with E-state index in [-0.39, 0.29) is 5.82 Å². The molecule has 2 aromatic heterocycles. The highest BCUT2D eigenvalue weighted by Crippen LogP contribution is 2.06. The largest absolute Gasteiger partial charge is 0.335 e. The Kier molecular flexibility index (Phi) is 2.76. The third-order valence-corrected chi connectivity index (χ3v) is 2.26. The van der Waals surface area contributed by atoms with E-state index in [4.69, 9.17) is 0 Å². The molecule has 0 spiro atoms. The lowest BCUT2D eigenvalue weighted by atomic mass is 10.2. The molecule has 78 valence electrons. The highest BCUT2D eigenvalue weighted by atomic mass is 19.1. The van der Waals surface area contributed by atoms with Crippen LogP contribution in [-0.4, -0.2) is 14.5 Å². The first-order valence-corrected chi connectivity index (χ1v) is 4.90. The van der Waals surface area contributed by atoms with Crippen molar-refractivity contribution in [3.8, 4) is 0 Å². The molecule has 0 saturated carbocycles. The molecule has 0 amide bonds. The van der Waals surface area contributed by atoms with Crippen molar-refractivity contribution in [3.05, 3.63) is 48.1 Å². The Labute approximate surface area is 87.6 Å².